The number of allylic oxidation sites excluding steroid dienone is 3. The topological polar surface area (TPSA) is 240 Å². The number of carbonyl (C=O) groups excluding carboxylic acids is 9. The van der Waals surface area contributed by atoms with Crippen LogP contribution in [-0.4, -0.2) is 152 Å². The van der Waals surface area contributed by atoms with Gasteiger partial charge in [-0.25, -0.2) is 19.2 Å². The SMILES string of the molecule is C=C(CI)c1cccc(C(F)(F)F)c1.C=CC[C@H]1CC(=O)OCN1C(=O)OC(C)(C)C.C=CC[C@H]1[C@H](CC(=C)c2cccc(C(F)(F)F)c2)C(=O)OCN1C(=O)OC(C)(C)C.CC(=O)c1cccc(C(F)(F)F)c1.CC(C)(C)OC(=O)N1COC(=O)[C@H]2CC(c3cccc(C(F)(F)F)c3)=CC[C@@H]21.CC(C)(C)OC(=O)N1COC(=O)[C@H]2C[C@@H](c3cccc(C(F)(F)F)c3)CC[C@@H]21. The first-order valence-electron chi connectivity index (χ1n) is 40.8. The van der Waals surface area contributed by atoms with E-state index in [1.54, 1.807) is 120 Å². The first-order valence-corrected chi connectivity index (χ1v) is 42.3. The molecule has 0 spiro atoms. The van der Waals surface area contributed by atoms with Gasteiger partial charge in [-0.2, -0.15) is 65.9 Å². The van der Waals surface area contributed by atoms with E-state index in [4.69, 9.17) is 37.9 Å². The number of alkyl halides is 16. The Hall–Kier alpha value is -10.9. The molecule has 11 rings (SSSR count). The van der Waals surface area contributed by atoms with Gasteiger partial charge < -0.3 is 37.9 Å². The third-order valence-corrected chi connectivity index (χ3v) is 21.1. The van der Waals surface area contributed by atoms with Crippen molar-refractivity contribution in [1.29, 1.82) is 0 Å². The average molecular weight is 1960 g/mol. The van der Waals surface area contributed by atoms with Crippen LogP contribution in [0.15, 0.2) is 166 Å². The van der Waals surface area contributed by atoms with Crippen molar-refractivity contribution < 1.29 is 147 Å². The molecule has 5 aromatic carbocycles. The lowest BCUT2D eigenvalue weighted by atomic mass is 9.74. The number of halogens is 16. The number of Topliss-reactive ketones (excluding diaryl/α,β-unsaturated/α-hetero) is 1. The third kappa shape index (κ3) is 32.9. The van der Waals surface area contributed by atoms with Gasteiger partial charge in [0.15, 0.2) is 32.7 Å². The molecule has 0 bridgehead atoms. The fraction of sp³-hybridized carbons (Fsp3) is 0.473. The standard InChI is InChI=1S/C22H26F3NO4.C20H24F3NO4.C20H22F3NO4.C12H19NO4.C10H8F3I.C9H7F3O/c1-6-8-18-17(19(27)29-13-26(18)20(28)30-21(3,4)5)11-14(2)15-9-7-10-16(12-15)22(23,24)25;2*1-19(2,3)28-18(26)24-11-27-17(25)15-10-13(7-8-16(15)24)12-5-4-6-14(9-12)20(21,22)23;1-5-6-9-7-10(14)16-8-13(9)11(15)17-12(2,3)4;1-7(6-14)8-3-2-4-9(5-8)10(11,12)13;1-6(13)7-3-2-4-8(5-7)9(10,11)12/h6-7,9-10,12,17-18H,1-2,8,11,13H2,3-5H3;4-6,9,13,15-16H,7-8,10-11H2,1-3H3;4-7,9,15-16H,8,10-11H2,1-3H3;5,9H,1,6-8H2,2-4H3;2-5H,1,6H2;2-5H,1H3/t17-,18-;13-,15-,16-;15-,16-;9-;;/m0000../s1. The van der Waals surface area contributed by atoms with E-state index in [1.807, 2.05) is 0 Å². The van der Waals surface area contributed by atoms with Crippen LogP contribution in [0, 0.1) is 17.8 Å². The summed E-state index contributed by atoms with van der Waals surface area (Å²) < 4.78 is 233. The van der Waals surface area contributed by atoms with Gasteiger partial charge >= 0.3 is 79.1 Å². The van der Waals surface area contributed by atoms with Gasteiger partial charge in [0, 0.05) is 9.99 Å². The van der Waals surface area contributed by atoms with Crippen molar-refractivity contribution in [3.63, 3.8) is 0 Å². The second-order valence-corrected chi connectivity index (χ2v) is 35.6. The van der Waals surface area contributed by atoms with Gasteiger partial charge in [-0.05, 0) is 241 Å². The van der Waals surface area contributed by atoms with Gasteiger partial charge in [-0.15, -0.1) is 13.2 Å². The predicted molar refractivity (Wildman–Crippen MR) is 459 cm³/mol. The average Bonchev–Trinajstić information content (AvgIpc) is 1.10. The molecule has 0 N–H and O–H groups in total. The summed E-state index contributed by atoms with van der Waals surface area (Å²) in [6.45, 7) is 36.4. The van der Waals surface area contributed by atoms with Crippen molar-refractivity contribution in [3.05, 3.63) is 222 Å². The van der Waals surface area contributed by atoms with Crippen LogP contribution in [0.3, 0.4) is 0 Å². The maximum atomic E-state index is 13.0. The fourth-order valence-corrected chi connectivity index (χ4v) is 14.4. The van der Waals surface area contributed by atoms with Crippen molar-refractivity contribution in [2.45, 2.75) is 231 Å². The largest absolute Gasteiger partial charge is 0.444 e. The molecule has 0 unspecified atom stereocenters. The molecule has 8 atom stereocenters. The van der Waals surface area contributed by atoms with Crippen LogP contribution in [0.4, 0.5) is 85.0 Å². The van der Waals surface area contributed by atoms with Crippen molar-refractivity contribution in [2.24, 2.45) is 17.8 Å². The lowest BCUT2D eigenvalue weighted by molar-refractivity contribution is -0.171. The van der Waals surface area contributed by atoms with Gasteiger partial charge in [0.05, 0.1) is 76.2 Å². The van der Waals surface area contributed by atoms with Crippen LogP contribution in [0.5, 0.6) is 0 Å². The minimum absolute atomic E-state index is 0.0257. The van der Waals surface area contributed by atoms with Crippen LogP contribution in [0.1, 0.15) is 214 Å². The lowest BCUT2D eigenvalue weighted by Crippen LogP contribution is -2.56. The number of fused-ring (bicyclic) bond motifs is 2. The van der Waals surface area contributed by atoms with E-state index in [0.29, 0.717) is 69.9 Å². The molecule has 4 amide bonds. The van der Waals surface area contributed by atoms with E-state index < -0.39 is 153 Å². The zero-order chi connectivity index (χ0) is 97.9. The van der Waals surface area contributed by atoms with Crippen LogP contribution >= 0.6 is 22.6 Å². The minimum Gasteiger partial charge on any atom is -0.444 e. The quantitative estimate of drug-likeness (QED) is 0.0214. The monoisotopic (exact) mass is 1960 g/mol. The highest BCUT2D eigenvalue weighted by Gasteiger charge is 2.49. The number of hydrogen-bond donors (Lipinski definition) is 0. The summed E-state index contributed by atoms with van der Waals surface area (Å²) in [5.41, 5.74) is -2.79. The molecule has 21 nitrogen and oxygen atoms in total. The van der Waals surface area contributed by atoms with E-state index in [9.17, 15) is 109 Å². The number of nitrogens with zero attached hydrogens (tertiary/aromatic N) is 4. The van der Waals surface area contributed by atoms with Gasteiger partial charge in [-0.3, -0.25) is 43.6 Å². The number of esters is 4. The highest BCUT2D eigenvalue weighted by molar-refractivity contribution is 14.1. The Balaban J connectivity index is 0.000000247. The van der Waals surface area contributed by atoms with Crippen molar-refractivity contribution in [3.8, 4) is 0 Å². The zero-order valence-electron chi connectivity index (χ0n) is 73.9. The molecule has 4 saturated heterocycles. The summed E-state index contributed by atoms with van der Waals surface area (Å²) in [4.78, 5) is 114. The maximum Gasteiger partial charge on any atom is 0.416 e. The molecule has 5 aromatic rings. The smallest absolute Gasteiger partial charge is 0.416 e. The van der Waals surface area contributed by atoms with Crippen LogP contribution < -0.4 is 0 Å². The molecular formula is C93H106F15IN4O17. The zero-order valence-corrected chi connectivity index (χ0v) is 76.1. The molecule has 37 heteroatoms. The number of benzene rings is 5. The number of ketones is 1. The Morgan fingerprint density at radius 3 is 1.28 bits per heavy atom. The molecule has 130 heavy (non-hydrogen) atoms. The summed E-state index contributed by atoms with van der Waals surface area (Å²) in [7, 11) is 0. The van der Waals surface area contributed by atoms with E-state index >= 15 is 0 Å². The molecular weight excluding hydrogens is 1860 g/mol. The molecule has 4 heterocycles. The summed E-state index contributed by atoms with van der Waals surface area (Å²) in [6, 6.07) is 22.9. The fourth-order valence-electron chi connectivity index (χ4n) is 14.0. The number of rotatable bonds is 12. The van der Waals surface area contributed by atoms with Gasteiger partial charge in [0.2, 0.25) is 0 Å². The first kappa shape index (κ1) is 108. The highest BCUT2D eigenvalue weighted by Crippen LogP contribution is 2.45. The van der Waals surface area contributed by atoms with E-state index in [1.165, 1.54) is 69.0 Å². The van der Waals surface area contributed by atoms with Crippen molar-refractivity contribution in [2.75, 3.05) is 31.4 Å². The van der Waals surface area contributed by atoms with Gasteiger partial charge in [-0.1, -0.05) is 121 Å². The molecule has 0 aromatic heterocycles. The van der Waals surface area contributed by atoms with Crippen molar-refractivity contribution >= 4 is 93.3 Å². The van der Waals surface area contributed by atoms with Gasteiger partial charge in [0.25, 0.3) is 0 Å². The van der Waals surface area contributed by atoms with Crippen LogP contribution in [0.25, 0.3) is 16.7 Å². The van der Waals surface area contributed by atoms with Gasteiger partial charge in [0.1, 0.15) is 22.4 Å². The second-order valence-electron chi connectivity index (χ2n) is 34.9. The number of cyclic esters (lactones) is 4. The minimum atomic E-state index is -4.49. The van der Waals surface area contributed by atoms with Crippen LogP contribution in [-0.2, 0) is 88.0 Å². The summed E-state index contributed by atoms with van der Waals surface area (Å²) >= 11 is 2.07. The third-order valence-electron chi connectivity index (χ3n) is 20.2. The lowest BCUT2D eigenvalue weighted by Gasteiger charge is -2.44. The number of carbonyl (C=O) groups is 9. The van der Waals surface area contributed by atoms with Crippen molar-refractivity contribution in [1.82, 2.24) is 19.6 Å². The summed E-state index contributed by atoms with van der Waals surface area (Å²) in [6.07, 6.45) is -16.2. The Labute approximate surface area is 757 Å². The molecule has 4 aliphatic heterocycles. The summed E-state index contributed by atoms with van der Waals surface area (Å²) in [5.74, 6) is -4.31. The molecule has 712 valence electrons. The molecule has 6 aliphatic rings. The molecule has 2 aliphatic carbocycles. The Morgan fingerprint density at radius 1 is 0.446 bits per heavy atom. The Bertz CT molecular complexity index is 4900. The van der Waals surface area contributed by atoms with E-state index in [0.717, 1.165) is 60.7 Å². The Morgan fingerprint density at radius 2 is 0.831 bits per heavy atom. The van der Waals surface area contributed by atoms with E-state index in [-0.39, 0.29) is 93.5 Å². The number of ether oxygens (including phenoxy) is 8. The molecule has 0 radical (unpaired) electrons. The predicted octanol–water partition coefficient (Wildman–Crippen LogP) is 23.9. The highest BCUT2D eigenvalue weighted by atomic mass is 127. The summed E-state index contributed by atoms with van der Waals surface area (Å²) in [5, 5.41) is 0. The Kier molecular flexibility index (Phi) is 37.2. The molecule has 5 fully saturated rings. The molecule has 1 saturated carbocycles. The maximum absolute atomic E-state index is 13.0. The number of amides is 4. The normalized spacial score (nSPS) is 20.1. The second kappa shape index (κ2) is 44.8. The first-order chi connectivity index (χ1) is 59.9. The number of hydrogen-bond acceptors (Lipinski definition) is 17. The van der Waals surface area contributed by atoms with E-state index in [2.05, 4.69) is 48.9 Å². The van der Waals surface area contributed by atoms with Crippen LogP contribution in [0.2, 0.25) is 0 Å².